The summed E-state index contributed by atoms with van der Waals surface area (Å²) in [6, 6.07) is 25.9. The number of ether oxygens (including phenoxy) is 1. The fraction of sp³-hybridized carbons (Fsp3) is 0.214. The van der Waals surface area contributed by atoms with Crippen molar-refractivity contribution in [2.24, 2.45) is 5.92 Å². The first kappa shape index (κ1) is 20.3. The first-order chi connectivity index (χ1) is 15.6. The Bertz CT molecular complexity index is 1280. The lowest BCUT2D eigenvalue weighted by atomic mass is 9.80. The number of carbonyl (C=O) groups is 1. The summed E-state index contributed by atoms with van der Waals surface area (Å²) in [5, 5.41) is 10.4. The number of carboxylic acids is 1. The van der Waals surface area contributed by atoms with Crippen molar-refractivity contribution in [2.75, 3.05) is 0 Å². The van der Waals surface area contributed by atoms with Crippen LogP contribution in [0.15, 0.2) is 78.9 Å². The summed E-state index contributed by atoms with van der Waals surface area (Å²) in [5.74, 6) is 0.500. The monoisotopic (exact) mass is 423 g/mol. The first-order valence-electron chi connectivity index (χ1n) is 11.1. The van der Waals surface area contributed by atoms with Crippen molar-refractivity contribution in [1.29, 1.82) is 0 Å². The zero-order chi connectivity index (χ0) is 21.9. The van der Waals surface area contributed by atoms with Gasteiger partial charge in [-0.25, -0.2) is 9.78 Å². The molecule has 4 aromatic rings. The number of para-hydroxylation sites is 1. The van der Waals surface area contributed by atoms with Gasteiger partial charge in [-0.05, 0) is 84.7 Å². The normalized spacial score (nSPS) is 15.3. The van der Waals surface area contributed by atoms with Crippen LogP contribution in [0.25, 0.3) is 10.9 Å². The molecule has 4 heteroatoms. The maximum Gasteiger partial charge on any atom is 0.335 e. The Kier molecular flexibility index (Phi) is 5.59. The van der Waals surface area contributed by atoms with Gasteiger partial charge in [0.15, 0.2) is 0 Å². The van der Waals surface area contributed by atoms with Gasteiger partial charge in [0.05, 0.1) is 16.8 Å². The van der Waals surface area contributed by atoms with E-state index < -0.39 is 5.97 Å². The van der Waals surface area contributed by atoms with Gasteiger partial charge in [0, 0.05) is 5.39 Å². The summed E-state index contributed by atoms with van der Waals surface area (Å²) in [6.45, 7) is 0.440. The minimum absolute atomic E-state index is 0.358. The summed E-state index contributed by atoms with van der Waals surface area (Å²) in [4.78, 5) is 15.9. The summed E-state index contributed by atoms with van der Waals surface area (Å²) in [7, 11) is 0. The predicted octanol–water partition coefficient (Wildman–Crippen LogP) is 5.86. The molecule has 1 aliphatic carbocycles. The number of hydrogen-bond donors (Lipinski definition) is 1. The molecule has 1 unspecified atom stereocenters. The van der Waals surface area contributed by atoms with Gasteiger partial charge in [-0.2, -0.15) is 0 Å². The Labute approximate surface area is 187 Å². The third-order valence-corrected chi connectivity index (χ3v) is 6.25. The largest absolute Gasteiger partial charge is 0.487 e. The second kappa shape index (κ2) is 8.83. The van der Waals surface area contributed by atoms with Crippen LogP contribution in [-0.2, 0) is 25.9 Å². The first-order valence-corrected chi connectivity index (χ1v) is 11.1. The van der Waals surface area contributed by atoms with Crippen LogP contribution in [-0.4, -0.2) is 16.1 Å². The van der Waals surface area contributed by atoms with Crippen LogP contribution in [0, 0.1) is 5.92 Å². The van der Waals surface area contributed by atoms with Crippen molar-refractivity contribution in [3.8, 4) is 5.75 Å². The van der Waals surface area contributed by atoms with Gasteiger partial charge >= 0.3 is 5.97 Å². The minimum atomic E-state index is -0.872. The number of rotatable bonds is 6. The number of benzene rings is 3. The lowest BCUT2D eigenvalue weighted by Crippen LogP contribution is -2.17. The Morgan fingerprint density at radius 3 is 2.78 bits per heavy atom. The molecular formula is C28H25NO3. The van der Waals surface area contributed by atoms with Crippen molar-refractivity contribution < 1.29 is 14.6 Å². The molecular weight excluding hydrogens is 398 g/mol. The van der Waals surface area contributed by atoms with Crippen LogP contribution in [0.2, 0.25) is 0 Å². The standard InChI is InChI=1S/C28H25NO3/c30-28(31)23-6-3-4-19(15-23)14-20-8-9-21-11-13-26(17-24(21)16-20)32-18-25-12-10-22-5-1-2-7-27(22)29-25/h1-7,10-13,15,17,20H,8-9,14,16,18H2,(H,30,31). The van der Waals surface area contributed by atoms with E-state index in [0.717, 1.165) is 53.6 Å². The highest BCUT2D eigenvalue weighted by Crippen LogP contribution is 2.31. The summed E-state index contributed by atoms with van der Waals surface area (Å²) in [5.41, 5.74) is 6.06. The molecule has 160 valence electrons. The lowest BCUT2D eigenvalue weighted by Gasteiger charge is -2.25. The van der Waals surface area contributed by atoms with Crippen LogP contribution in [0.5, 0.6) is 5.75 Å². The van der Waals surface area contributed by atoms with Gasteiger partial charge in [0.2, 0.25) is 0 Å². The highest BCUT2D eigenvalue weighted by molar-refractivity contribution is 5.87. The van der Waals surface area contributed by atoms with Crippen molar-refractivity contribution >= 4 is 16.9 Å². The molecule has 1 atom stereocenters. The number of aromatic nitrogens is 1. The third kappa shape index (κ3) is 4.50. The molecule has 5 rings (SSSR count). The number of aromatic carboxylic acids is 1. The van der Waals surface area contributed by atoms with Crippen LogP contribution in [0.1, 0.15) is 39.2 Å². The van der Waals surface area contributed by atoms with Crippen molar-refractivity contribution in [3.05, 3.63) is 107 Å². The maximum absolute atomic E-state index is 11.3. The molecule has 0 saturated carbocycles. The van der Waals surface area contributed by atoms with Gasteiger partial charge in [-0.1, -0.05) is 42.5 Å². The van der Waals surface area contributed by atoms with Gasteiger partial charge in [-0.15, -0.1) is 0 Å². The number of hydrogen-bond acceptors (Lipinski definition) is 3. The summed E-state index contributed by atoms with van der Waals surface area (Å²) < 4.78 is 6.07. The molecule has 1 N–H and O–H groups in total. The quantitative estimate of drug-likeness (QED) is 0.422. The van der Waals surface area contributed by atoms with E-state index in [4.69, 9.17) is 4.74 Å². The van der Waals surface area contributed by atoms with Gasteiger partial charge in [0.1, 0.15) is 12.4 Å². The molecule has 0 amide bonds. The van der Waals surface area contributed by atoms with Crippen LogP contribution >= 0.6 is 0 Å². The Hall–Kier alpha value is -3.66. The third-order valence-electron chi connectivity index (χ3n) is 6.25. The van der Waals surface area contributed by atoms with E-state index in [1.807, 2.05) is 36.4 Å². The molecule has 4 nitrogen and oxygen atoms in total. The Morgan fingerprint density at radius 2 is 1.88 bits per heavy atom. The summed E-state index contributed by atoms with van der Waals surface area (Å²) >= 11 is 0. The van der Waals surface area contributed by atoms with Gasteiger partial charge in [-0.3, -0.25) is 0 Å². The smallest absolute Gasteiger partial charge is 0.335 e. The van der Waals surface area contributed by atoms with Crippen molar-refractivity contribution in [3.63, 3.8) is 0 Å². The highest BCUT2D eigenvalue weighted by atomic mass is 16.5. The number of pyridine rings is 1. The fourth-order valence-corrected chi connectivity index (χ4v) is 4.58. The van der Waals surface area contributed by atoms with E-state index >= 15 is 0 Å². The Balaban J connectivity index is 1.26. The van der Waals surface area contributed by atoms with Crippen molar-refractivity contribution in [2.45, 2.75) is 32.3 Å². The minimum Gasteiger partial charge on any atom is -0.487 e. The van der Waals surface area contributed by atoms with Crippen molar-refractivity contribution in [1.82, 2.24) is 4.98 Å². The highest BCUT2D eigenvalue weighted by Gasteiger charge is 2.20. The second-order valence-corrected chi connectivity index (χ2v) is 8.53. The Morgan fingerprint density at radius 1 is 0.969 bits per heavy atom. The maximum atomic E-state index is 11.3. The molecule has 3 aromatic carbocycles. The van der Waals surface area contributed by atoms with E-state index in [2.05, 4.69) is 35.3 Å². The average Bonchev–Trinajstić information content (AvgIpc) is 2.82. The topological polar surface area (TPSA) is 59.4 Å². The van der Waals surface area contributed by atoms with E-state index in [0.29, 0.717) is 18.1 Å². The molecule has 0 radical (unpaired) electrons. The zero-order valence-electron chi connectivity index (χ0n) is 17.8. The van der Waals surface area contributed by atoms with Crippen LogP contribution < -0.4 is 4.74 Å². The molecule has 32 heavy (non-hydrogen) atoms. The average molecular weight is 424 g/mol. The van der Waals surface area contributed by atoms with E-state index in [9.17, 15) is 9.90 Å². The van der Waals surface area contributed by atoms with Gasteiger partial charge in [0.25, 0.3) is 0 Å². The molecule has 1 heterocycles. The van der Waals surface area contributed by atoms with Crippen LogP contribution in [0.3, 0.4) is 0 Å². The molecule has 0 bridgehead atoms. The number of aryl methyl sites for hydroxylation is 1. The number of fused-ring (bicyclic) bond motifs is 2. The fourth-order valence-electron chi connectivity index (χ4n) is 4.58. The number of carboxylic acid groups (broad SMARTS) is 1. The molecule has 1 aliphatic rings. The SMILES string of the molecule is O=C(O)c1cccc(CC2CCc3ccc(OCc4ccc5ccccc5n4)cc3C2)c1. The van der Waals surface area contributed by atoms with Crippen LogP contribution in [0.4, 0.5) is 0 Å². The second-order valence-electron chi connectivity index (χ2n) is 8.53. The molecule has 1 aromatic heterocycles. The zero-order valence-corrected chi connectivity index (χ0v) is 17.8. The summed E-state index contributed by atoms with van der Waals surface area (Å²) in [6.07, 6.45) is 4.04. The molecule has 0 spiro atoms. The van der Waals surface area contributed by atoms with E-state index in [1.165, 1.54) is 11.1 Å². The number of nitrogens with zero attached hydrogens (tertiary/aromatic N) is 1. The van der Waals surface area contributed by atoms with E-state index in [1.54, 1.807) is 12.1 Å². The van der Waals surface area contributed by atoms with Gasteiger partial charge < -0.3 is 9.84 Å². The molecule has 0 saturated heterocycles. The van der Waals surface area contributed by atoms with E-state index in [-0.39, 0.29) is 0 Å². The predicted molar refractivity (Wildman–Crippen MR) is 125 cm³/mol. The molecule has 0 fully saturated rings. The molecule has 0 aliphatic heterocycles. The lowest BCUT2D eigenvalue weighted by molar-refractivity contribution is 0.0696.